The van der Waals surface area contributed by atoms with Gasteiger partial charge in [-0.05, 0) is 25.3 Å². The number of guanidine groups is 1. The van der Waals surface area contributed by atoms with Crippen molar-refractivity contribution in [3.63, 3.8) is 0 Å². The van der Waals surface area contributed by atoms with Gasteiger partial charge in [0.15, 0.2) is 5.96 Å². The molecule has 0 aromatic carbocycles. The van der Waals surface area contributed by atoms with Gasteiger partial charge in [-0.15, -0.1) is 0 Å². The van der Waals surface area contributed by atoms with E-state index >= 15 is 0 Å². The molecule has 0 aliphatic heterocycles. The van der Waals surface area contributed by atoms with Crippen LogP contribution in [0.15, 0.2) is 17.1 Å². The maximum absolute atomic E-state index is 10.3. The summed E-state index contributed by atoms with van der Waals surface area (Å²) in [6.07, 6.45) is 1.94. The minimum absolute atomic E-state index is 0.0448. The predicted octanol–water partition coefficient (Wildman–Crippen LogP) is 1.15. The number of hydrogen-bond acceptors (Lipinski definition) is 2. The molecule has 5 N–H and O–H groups in total. The zero-order valence-electron chi connectivity index (χ0n) is 9.95. The Morgan fingerprint density at radius 3 is 2.27 bits per heavy atom. The van der Waals surface area contributed by atoms with Crippen LogP contribution in [-0.2, 0) is 0 Å². The van der Waals surface area contributed by atoms with E-state index in [1.807, 2.05) is 20.8 Å². The minimum Gasteiger partial charge on any atom is -0.385 e. The number of aliphatic hydroxyl groups is 1. The standard InChI is InChI=1S/C11H23N3O/c1-5-9(14-10(12)13)7-11(15,6-2)8(3)4/h9,15H,3,5-7H2,1-2,4H3,(H4,12,13,14). The average Bonchev–Trinajstić information content (AvgIpc) is 2.15. The third-order valence-electron chi connectivity index (χ3n) is 2.76. The number of aliphatic imine (C=N–C) groups is 1. The minimum atomic E-state index is -0.861. The molecule has 0 aliphatic carbocycles. The molecule has 0 saturated carbocycles. The Balaban J connectivity index is 4.65. The topological polar surface area (TPSA) is 84.6 Å². The second kappa shape index (κ2) is 5.75. The molecule has 0 radical (unpaired) electrons. The van der Waals surface area contributed by atoms with Gasteiger partial charge in [-0.1, -0.05) is 20.4 Å². The summed E-state index contributed by atoms with van der Waals surface area (Å²) in [7, 11) is 0. The molecule has 0 aliphatic rings. The molecule has 2 atom stereocenters. The summed E-state index contributed by atoms with van der Waals surface area (Å²) in [6.45, 7) is 9.55. The second-order valence-electron chi connectivity index (χ2n) is 3.99. The molecule has 4 heteroatoms. The van der Waals surface area contributed by atoms with Crippen molar-refractivity contribution in [3.05, 3.63) is 12.2 Å². The second-order valence-corrected chi connectivity index (χ2v) is 3.99. The van der Waals surface area contributed by atoms with Crippen molar-refractivity contribution in [1.29, 1.82) is 0 Å². The van der Waals surface area contributed by atoms with Crippen molar-refractivity contribution < 1.29 is 5.11 Å². The van der Waals surface area contributed by atoms with E-state index < -0.39 is 5.60 Å². The highest BCUT2D eigenvalue weighted by atomic mass is 16.3. The summed E-state index contributed by atoms with van der Waals surface area (Å²) in [6, 6.07) is -0.0448. The van der Waals surface area contributed by atoms with E-state index in [0.29, 0.717) is 12.8 Å². The lowest BCUT2D eigenvalue weighted by molar-refractivity contribution is 0.0581. The highest BCUT2D eigenvalue weighted by Crippen LogP contribution is 2.26. The molecular weight excluding hydrogens is 190 g/mol. The first-order valence-corrected chi connectivity index (χ1v) is 5.32. The van der Waals surface area contributed by atoms with Gasteiger partial charge in [0.25, 0.3) is 0 Å². The van der Waals surface area contributed by atoms with Gasteiger partial charge in [0, 0.05) is 6.42 Å². The zero-order valence-corrected chi connectivity index (χ0v) is 9.95. The van der Waals surface area contributed by atoms with Crippen LogP contribution >= 0.6 is 0 Å². The molecule has 0 fully saturated rings. The lowest BCUT2D eigenvalue weighted by Crippen LogP contribution is -2.34. The molecule has 4 nitrogen and oxygen atoms in total. The smallest absolute Gasteiger partial charge is 0.186 e. The summed E-state index contributed by atoms with van der Waals surface area (Å²) in [4.78, 5) is 4.08. The first-order valence-electron chi connectivity index (χ1n) is 5.32. The molecule has 0 heterocycles. The lowest BCUT2D eigenvalue weighted by atomic mass is 9.86. The number of rotatable bonds is 6. The summed E-state index contributed by atoms with van der Waals surface area (Å²) in [5, 5.41) is 10.3. The van der Waals surface area contributed by atoms with Gasteiger partial charge in [0.05, 0.1) is 11.6 Å². The van der Waals surface area contributed by atoms with E-state index in [9.17, 15) is 5.11 Å². The van der Waals surface area contributed by atoms with Crippen LogP contribution in [0.3, 0.4) is 0 Å². The Bertz CT molecular complexity index is 246. The van der Waals surface area contributed by atoms with Crippen LogP contribution in [0, 0.1) is 0 Å². The summed E-state index contributed by atoms with van der Waals surface area (Å²) >= 11 is 0. The van der Waals surface area contributed by atoms with Crippen LogP contribution in [0.25, 0.3) is 0 Å². The molecule has 0 rings (SSSR count). The molecule has 0 amide bonds. The van der Waals surface area contributed by atoms with Gasteiger partial charge < -0.3 is 16.6 Å². The summed E-state index contributed by atoms with van der Waals surface area (Å²) in [5.41, 5.74) is 10.6. The quantitative estimate of drug-likeness (QED) is 0.351. The largest absolute Gasteiger partial charge is 0.385 e. The molecule has 0 aromatic heterocycles. The number of nitrogens with zero attached hydrogens (tertiary/aromatic N) is 1. The van der Waals surface area contributed by atoms with Crippen molar-refractivity contribution >= 4 is 5.96 Å². The normalized spacial score (nSPS) is 16.5. The van der Waals surface area contributed by atoms with Crippen LogP contribution in [0.5, 0.6) is 0 Å². The lowest BCUT2D eigenvalue weighted by Gasteiger charge is -2.29. The average molecular weight is 213 g/mol. The van der Waals surface area contributed by atoms with Crippen molar-refractivity contribution in [2.75, 3.05) is 0 Å². The molecule has 2 unspecified atom stereocenters. The van der Waals surface area contributed by atoms with Gasteiger partial charge in [0.1, 0.15) is 0 Å². The van der Waals surface area contributed by atoms with Crippen molar-refractivity contribution in [1.82, 2.24) is 0 Å². The van der Waals surface area contributed by atoms with E-state index in [0.717, 1.165) is 12.0 Å². The Morgan fingerprint density at radius 1 is 1.47 bits per heavy atom. The summed E-state index contributed by atoms with van der Waals surface area (Å²) < 4.78 is 0. The predicted molar refractivity (Wildman–Crippen MR) is 64.6 cm³/mol. The van der Waals surface area contributed by atoms with Crippen LogP contribution in [0.2, 0.25) is 0 Å². The Labute approximate surface area is 92.1 Å². The van der Waals surface area contributed by atoms with Crippen LogP contribution < -0.4 is 11.5 Å². The fraction of sp³-hybridized carbons (Fsp3) is 0.727. The Kier molecular flexibility index (Phi) is 5.36. The van der Waals surface area contributed by atoms with Crippen molar-refractivity contribution in [2.45, 2.75) is 51.7 Å². The Hall–Kier alpha value is -1.03. The van der Waals surface area contributed by atoms with Gasteiger partial charge in [-0.3, -0.25) is 4.99 Å². The number of hydrogen-bond donors (Lipinski definition) is 3. The van der Waals surface area contributed by atoms with E-state index in [2.05, 4.69) is 11.6 Å². The fourth-order valence-corrected chi connectivity index (χ4v) is 1.50. The van der Waals surface area contributed by atoms with Gasteiger partial charge in [0.2, 0.25) is 0 Å². The molecule has 0 saturated heterocycles. The van der Waals surface area contributed by atoms with Gasteiger partial charge in [-0.25, -0.2) is 0 Å². The van der Waals surface area contributed by atoms with Crippen molar-refractivity contribution in [3.8, 4) is 0 Å². The van der Waals surface area contributed by atoms with E-state index in [4.69, 9.17) is 11.5 Å². The van der Waals surface area contributed by atoms with Crippen LogP contribution in [0.4, 0.5) is 0 Å². The first-order chi connectivity index (χ1) is 6.85. The van der Waals surface area contributed by atoms with E-state index in [1.165, 1.54) is 0 Å². The highest BCUT2D eigenvalue weighted by molar-refractivity contribution is 5.75. The Morgan fingerprint density at radius 2 is 2.00 bits per heavy atom. The monoisotopic (exact) mass is 213 g/mol. The first kappa shape index (κ1) is 14.0. The van der Waals surface area contributed by atoms with Gasteiger partial charge in [-0.2, -0.15) is 0 Å². The zero-order chi connectivity index (χ0) is 12.1. The van der Waals surface area contributed by atoms with Gasteiger partial charge >= 0.3 is 0 Å². The SMILES string of the molecule is C=C(C)C(O)(CC)CC(CC)N=C(N)N. The molecular formula is C11H23N3O. The highest BCUT2D eigenvalue weighted by Gasteiger charge is 2.28. The maximum atomic E-state index is 10.3. The van der Waals surface area contributed by atoms with E-state index in [-0.39, 0.29) is 12.0 Å². The molecule has 0 spiro atoms. The molecule has 15 heavy (non-hydrogen) atoms. The fourth-order valence-electron chi connectivity index (χ4n) is 1.50. The molecule has 0 aromatic rings. The third kappa shape index (κ3) is 4.34. The van der Waals surface area contributed by atoms with Crippen LogP contribution in [-0.4, -0.2) is 22.7 Å². The van der Waals surface area contributed by atoms with Crippen molar-refractivity contribution in [2.24, 2.45) is 16.5 Å². The van der Waals surface area contributed by atoms with Crippen LogP contribution in [0.1, 0.15) is 40.0 Å². The van der Waals surface area contributed by atoms with E-state index in [1.54, 1.807) is 0 Å². The number of nitrogens with two attached hydrogens (primary N) is 2. The maximum Gasteiger partial charge on any atom is 0.186 e. The molecule has 0 bridgehead atoms. The molecule has 88 valence electrons. The third-order valence-corrected chi connectivity index (χ3v) is 2.76. The summed E-state index contributed by atoms with van der Waals surface area (Å²) in [5.74, 6) is 0.0713.